The molecule has 0 unspecified atom stereocenters. The molecule has 2 N–H and O–H groups in total. The van der Waals surface area contributed by atoms with Gasteiger partial charge in [-0.1, -0.05) is 0 Å². The molecule has 0 saturated heterocycles. The summed E-state index contributed by atoms with van der Waals surface area (Å²) in [5.41, 5.74) is 0. The van der Waals surface area contributed by atoms with Gasteiger partial charge in [-0.05, 0) is 12.1 Å². The van der Waals surface area contributed by atoms with E-state index in [1.165, 1.54) is 7.11 Å². The van der Waals surface area contributed by atoms with Gasteiger partial charge in [0.15, 0.2) is 17.5 Å². The van der Waals surface area contributed by atoms with Crippen LogP contribution in [0.4, 0.5) is 19.1 Å². The molecule has 1 aromatic heterocycles. The van der Waals surface area contributed by atoms with Crippen molar-refractivity contribution in [3.05, 3.63) is 29.6 Å². The fourth-order valence-electron chi connectivity index (χ4n) is 1.28. The molecule has 0 fully saturated rings. The van der Waals surface area contributed by atoms with E-state index < -0.39 is 32.4 Å². The van der Waals surface area contributed by atoms with E-state index in [1.54, 1.807) is 0 Å². The van der Waals surface area contributed by atoms with E-state index >= 15 is 0 Å². The van der Waals surface area contributed by atoms with E-state index in [4.69, 9.17) is 0 Å². The molecule has 0 aliphatic carbocycles. The van der Waals surface area contributed by atoms with E-state index in [1.807, 2.05) is 4.72 Å². The molecule has 0 atom stereocenters. The van der Waals surface area contributed by atoms with Crippen LogP contribution in [0.3, 0.4) is 0 Å². The molecule has 0 saturated carbocycles. The zero-order chi connectivity index (χ0) is 14.9. The van der Waals surface area contributed by atoms with Crippen LogP contribution in [0.5, 0.6) is 6.01 Å². The Morgan fingerprint density at radius 3 is 2.55 bits per heavy atom. The molecule has 0 aliphatic rings. The Balaban J connectivity index is 2.38. The maximum atomic E-state index is 13.4. The van der Waals surface area contributed by atoms with Crippen LogP contribution in [0, 0.1) is 17.5 Å². The number of hydrogen-bond acceptors (Lipinski definition) is 5. The van der Waals surface area contributed by atoms with E-state index in [9.17, 15) is 21.6 Å². The zero-order valence-corrected chi connectivity index (χ0v) is 10.6. The number of nitrogens with zero attached hydrogens (tertiary/aromatic N) is 2. The fourth-order valence-corrected chi connectivity index (χ4v) is 2.31. The summed E-state index contributed by atoms with van der Waals surface area (Å²) in [4.78, 5) is 2.48. The van der Waals surface area contributed by atoms with Crippen molar-refractivity contribution in [2.24, 2.45) is 0 Å². The Hall–Kier alpha value is -2.30. The highest BCUT2D eigenvalue weighted by Crippen LogP contribution is 2.21. The van der Waals surface area contributed by atoms with Gasteiger partial charge in [0.25, 0.3) is 10.0 Å². The lowest BCUT2D eigenvalue weighted by Gasteiger charge is -2.06. The van der Waals surface area contributed by atoms with E-state index in [-0.39, 0.29) is 12.0 Å². The molecule has 0 bridgehead atoms. The van der Waals surface area contributed by atoms with Crippen LogP contribution in [-0.2, 0) is 10.0 Å². The quantitative estimate of drug-likeness (QED) is 0.822. The summed E-state index contributed by atoms with van der Waals surface area (Å²) in [5.74, 6) is -5.58. The van der Waals surface area contributed by atoms with Crippen LogP contribution in [-0.4, -0.2) is 30.7 Å². The molecule has 1 heterocycles. The number of aromatic amines is 1. The number of rotatable bonds is 4. The minimum atomic E-state index is -4.50. The van der Waals surface area contributed by atoms with E-state index in [2.05, 4.69) is 19.9 Å². The van der Waals surface area contributed by atoms with Gasteiger partial charge in [-0.25, -0.2) is 31.4 Å². The van der Waals surface area contributed by atoms with Gasteiger partial charge < -0.3 is 4.74 Å². The Morgan fingerprint density at radius 2 is 1.95 bits per heavy atom. The van der Waals surface area contributed by atoms with Crippen molar-refractivity contribution in [1.82, 2.24) is 15.2 Å². The molecular weight excluding hydrogens is 301 g/mol. The Kier molecular flexibility index (Phi) is 3.53. The van der Waals surface area contributed by atoms with Gasteiger partial charge in [0.1, 0.15) is 4.90 Å². The lowest BCUT2D eigenvalue weighted by atomic mass is 10.3. The predicted molar refractivity (Wildman–Crippen MR) is 60.1 cm³/mol. The zero-order valence-electron chi connectivity index (χ0n) is 9.82. The minimum Gasteiger partial charge on any atom is -0.466 e. The number of ether oxygens (including phenoxy) is 1. The normalized spacial score (nSPS) is 11.4. The molecule has 7 nitrogen and oxygen atoms in total. The highest BCUT2D eigenvalue weighted by atomic mass is 32.2. The minimum absolute atomic E-state index is 0.159. The molecule has 0 amide bonds. The van der Waals surface area contributed by atoms with Gasteiger partial charge in [0, 0.05) is 0 Å². The third-order valence-electron chi connectivity index (χ3n) is 2.17. The summed E-state index contributed by atoms with van der Waals surface area (Å²) in [5, 5.41) is 5.61. The molecule has 11 heteroatoms. The molecule has 108 valence electrons. The number of benzene rings is 1. The highest BCUT2D eigenvalue weighted by molar-refractivity contribution is 7.92. The largest absolute Gasteiger partial charge is 0.466 e. The number of nitrogens with one attached hydrogen (secondary N) is 2. The standard InChI is InChI=1S/C9H7F3N4O3S/c1-19-9-13-8(14-15-9)16-20(17,18)5-3-2-4(10)6(11)7(5)12/h2-3H,1H3,(H2,13,14,15,16). The molecule has 0 spiro atoms. The maximum Gasteiger partial charge on any atom is 0.336 e. The number of hydrogen-bond donors (Lipinski definition) is 2. The number of anilines is 1. The second-order valence-electron chi connectivity index (χ2n) is 3.45. The maximum absolute atomic E-state index is 13.4. The highest BCUT2D eigenvalue weighted by Gasteiger charge is 2.25. The third-order valence-corrected chi connectivity index (χ3v) is 3.52. The number of halogens is 3. The molecule has 2 rings (SSSR count). The Morgan fingerprint density at radius 1 is 1.25 bits per heavy atom. The summed E-state index contributed by atoms with van der Waals surface area (Å²) >= 11 is 0. The third kappa shape index (κ3) is 2.52. The van der Waals surface area contributed by atoms with Gasteiger partial charge in [-0.15, -0.1) is 5.10 Å². The average molecular weight is 308 g/mol. The smallest absolute Gasteiger partial charge is 0.336 e. The molecule has 20 heavy (non-hydrogen) atoms. The topological polar surface area (TPSA) is 97.0 Å². The summed E-state index contributed by atoms with van der Waals surface area (Å²) in [6.45, 7) is 0. The SMILES string of the molecule is COc1n[nH]c(NS(=O)(=O)c2ccc(F)c(F)c2F)n1. The molecule has 0 aliphatic heterocycles. The first-order valence-corrected chi connectivity index (χ1v) is 6.46. The lowest BCUT2D eigenvalue weighted by molar-refractivity contribution is 0.382. The second kappa shape index (κ2) is 5.00. The van der Waals surface area contributed by atoms with Crippen molar-refractivity contribution in [2.45, 2.75) is 4.90 Å². The summed E-state index contributed by atoms with van der Waals surface area (Å²) in [6, 6.07) is 0.922. The van der Waals surface area contributed by atoms with Gasteiger partial charge in [-0.3, -0.25) is 0 Å². The number of sulfonamides is 1. The van der Waals surface area contributed by atoms with Gasteiger partial charge in [0.05, 0.1) is 7.11 Å². The van der Waals surface area contributed by atoms with Gasteiger partial charge in [-0.2, -0.15) is 4.98 Å². The van der Waals surface area contributed by atoms with Crippen LogP contribution in [0.25, 0.3) is 0 Å². The predicted octanol–water partition coefficient (Wildman–Crippen LogP) is 1.03. The van der Waals surface area contributed by atoms with Gasteiger partial charge in [0.2, 0.25) is 5.95 Å². The molecule has 0 radical (unpaired) electrons. The van der Waals surface area contributed by atoms with Crippen LogP contribution in [0.1, 0.15) is 0 Å². The van der Waals surface area contributed by atoms with Crippen molar-refractivity contribution in [2.75, 3.05) is 11.8 Å². The van der Waals surface area contributed by atoms with Crippen molar-refractivity contribution in [1.29, 1.82) is 0 Å². The lowest BCUT2D eigenvalue weighted by Crippen LogP contribution is -2.16. The first-order valence-electron chi connectivity index (χ1n) is 4.98. The van der Waals surface area contributed by atoms with Crippen LogP contribution in [0.2, 0.25) is 0 Å². The number of H-pyrrole nitrogens is 1. The van der Waals surface area contributed by atoms with E-state index in [0.717, 1.165) is 0 Å². The van der Waals surface area contributed by atoms with Crippen LogP contribution >= 0.6 is 0 Å². The van der Waals surface area contributed by atoms with Crippen LogP contribution < -0.4 is 9.46 Å². The monoisotopic (exact) mass is 308 g/mol. The van der Waals surface area contributed by atoms with Crippen molar-refractivity contribution < 1.29 is 26.3 Å². The summed E-state index contributed by atoms with van der Waals surface area (Å²) in [6.07, 6.45) is 0. The fraction of sp³-hybridized carbons (Fsp3) is 0.111. The van der Waals surface area contributed by atoms with Gasteiger partial charge >= 0.3 is 6.01 Å². The van der Waals surface area contributed by atoms with Crippen molar-refractivity contribution in [3.8, 4) is 6.01 Å². The van der Waals surface area contributed by atoms with Crippen molar-refractivity contribution >= 4 is 16.0 Å². The summed E-state index contributed by atoms with van der Waals surface area (Å²) < 4.78 is 69.2. The van der Waals surface area contributed by atoms with E-state index in [0.29, 0.717) is 12.1 Å². The number of methoxy groups -OCH3 is 1. The summed E-state index contributed by atoms with van der Waals surface area (Å²) in [7, 11) is -3.25. The molecule has 2 aromatic rings. The Labute approximate surface area is 110 Å². The van der Waals surface area contributed by atoms with Crippen LogP contribution in [0.15, 0.2) is 17.0 Å². The van der Waals surface area contributed by atoms with Crippen molar-refractivity contribution in [3.63, 3.8) is 0 Å². The average Bonchev–Trinajstić information content (AvgIpc) is 2.82. The Bertz CT molecular complexity index is 747. The molecular formula is C9H7F3N4O3S. The number of aromatic nitrogens is 3. The first-order chi connectivity index (χ1) is 9.35. The molecule has 1 aromatic carbocycles. The second-order valence-corrected chi connectivity index (χ2v) is 5.10. The first kappa shape index (κ1) is 14.1.